The number of halogens is 2. The summed E-state index contributed by atoms with van der Waals surface area (Å²) in [6, 6.07) is 5.46. The number of amides is 1. The summed E-state index contributed by atoms with van der Waals surface area (Å²) in [4.78, 5) is 21.7. The second kappa shape index (κ2) is 7.30. The molecule has 0 bridgehead atoms. The van der Waals surface area contributed by atoms with Crippen molar-refractivity contribution in [3.8, 4) is 5.75 Å². The fraction of sp³-hybridized carbons (Fsp3) is 0.333. The molecule has 0 saturated heterocycles. The monoisotopic (exact) mass is 273 g/mol. The summed E-state index contributed by atoms with van der Waals surface area (Å²) >= 11 is 0. The average Bonchev–Trinajstić information content (AvgIpc) is 2.30. The first-order valence-electron chi connectivity index (χ1n) is 5.54. The summed E-state index contributed by atoms with van der Waals surface area (Å²) in [7, 11) is 0. The van der Waals surface area contributed by atoms with Gasteiger partial charge in [-0.05, 0) is 30.7 Å². The second-order valence-corrected chi connectivity index (χ2v) is 3.70. The Morgan fingerprint density at radius 1 is 1.21 bits per heavy atom. The highest BCUT2D eigenvalue weighted by molar-refractivity contribution is 5.90. The number of carboxylic acid groups (broad SMARTS) is 1. The molecule has 5 nitrogen and oxygen atoms in total. The number of benzene rings is 1. The van der Waals surface area contributed by atoms with Crippen molar-refractivity contribution in [1.82, 2.24) is 0 Å². The predicted octanol–water partition coefficient (Wildman–Crippen LogP) is 2.48. The van der Waals surface area contributed by atoms with Crippen molar-refractivity contribution in [2.75, 3.05) is 5.32 Å². The minimum Gasteiger partial charge on any atom is -0.481 e. The van der Waals surface area contributed by atoms with E-state index in [1.54, 1.807) is 0 Å². The number of carboxylic acids is 1. The van der Waals surface area contributed by atoms with Crippen molar-refractivity contribution >= 4 is 17.6 Å². The maximum absolute atomic E-state index is 11.9. The van der Waals surface area contributed by atoms with Gasteiger partial charge in [-0.25, -0.2) is 0 Å². The topological polar surface area (TPSA) is 75.6 Å². The van der Waals surface area contributed by atoms with Crippen LogP contribution < -0.4 is 10.1 Å². The molecule has 0 aliphatic rings. The molecule has 0 aliphatic heterocycles. The molecule has 0 fully saturated rings. The summed E-state index contributed by atoms with van der Waals surface area (Å²) in [5.41, 5.74) is 0.432. The van der Waals surface area contributed by atoms with Crippen molar-refractivity contribution in [2.24, 2.45) is 0 Å². The van der Waals surface area contributed by atoms with Gasteiger partial charge in [0.15, 0.2) is 0 Å². The lowest BCUT2D eigenvalue weighted by atomic mass is 10.2. The van der Waals surface area contributed by atoms with E-state index in [-0.39, 0.29) is 30.9 Å². The molecule has 19 heavy (non-hydrogen) atoms. The number of nitrogens with one attached hydrogen (secondary N) is 1. The first-order chi connectivity index (χ1) is 8.97. The molecular formula is C12H13F2NO4. The molecule has 0 radical (unpaired) electrons. The zero-order chi connectivity index (χ0) is 14.3. The van der Waals surface area contributed by atoms with Gasteiger partial charge in [-0.15, -0.1) is 0 Å². The van der Waals surface area contributed by atoms with E-state index in [0.717, 1.165) is 0 Å². The molecule has 0 saturated carbocycles. The van der Waals surface area contributed by atoms with E-state index in [1.807, 2.05) is 0 Å². The van der Waals surface area contributed by atoms with E-state index < -0.39 is 12.6 Å². The number of alkyl halides is 2. The standard InChI is InChI=1S/C12H13F2NO4/c13-12(14)19-9-6-4-8(5-7-9)15-10(16)2-1-3-11(17)18/h4-7,12H,1-3H2,(H,15,16)(H,17,18). The van der Waals surface area contributed by atoms with Crippen LogP contribution in [0.3, 0.4) is 0 Å². The van der Waals surface area contributed by atoms with E-state index in [9.17, 15) is 18.4 Å². The van der Waals surface area contributed by atoms with Crippen molar-refractivity contribution in [1.29, 1.82) is 0 Å². The highest BCUT2D eigenvalue weighted by Gasteiger charge is 2.06. The number of hydrogen-bond donors (Lipinski definition) is 2. The smallest absolute Gasteiger partial charge is 0.387 e. The molecule has 7 heteroatoms. The molecular weight excluding hydrogens is 260 g/mol. The van der Waals surface area contributed by atoms with E-state index in [1.165, 1.54) is 24.3 Å². The quantitative estimate of drug-likeness (QED) is 0.800. The molecule has 104 valence electrons. The maximum atomic E-state index is 11.9. The molecule has 2 N–H and O–H groups in total. The fourth-order valence-corrected chi connectivity index (χ4v) is 1.34. The third-order valence-electron chi connectivity index (χ3n) is 2.16. The summed E-state index contributed by atoms with van der Waals surface area (Å²) < 4.78 is 27.9. The third-order valence-corrected chi connectivity index (χ3v) is 2.16. The van der Waals surface area contributed by atoms with Crippen molar-refractivity contribution in [2.45, 2.75) is 25.9 Å². The number of anilines is 1. The first-order valence-corrected chi connectivity index (χ1v) is 5.54. The maximum Gasteiger partial charge on any atom is 0.387 e. The summed E-state index contributed by atoms with van der Waals surface area (Å²) in [6.45, 7) is -2.89. The Hall–Kier alpha value is -2.18. The van der Waals surface area contributed by atoms with Gasteiger partial charge < -0.3 is 15.2 Å². The average molecular weight is 273 g/mol. The minimum atomic E-state index is -2.89. The number of rotatable bonds is 7. The van der Waals surface area contributed by atoms with Crippen molar-refractivity contribution in [3.63, 3.8) is 0 Å². The van der Waals surface area contributed by atoms with Crippen molar-refractivity contribution in [3.05, 3.63) is 24.3 Å². The van der Waals surface area contributed by atoms with Crippen LogP contribution in [0, 0.1) is 0 Å². The lowest BCUT2D eigenvalue weighted by Gasteiger charge is -2.07. The number of ether oxygens (including phenoxy) is 1. The number of carbonyl (C=O) groups excluding carboxylic acids is 1. The van der Waals surface area contributed by atoms with Crippen LogP contribution in [0.25, 0.3) is 0 Å². The number of hydrogen-bond acceptors (Lipinski definition) is 3. The van der Waals surface area contributed by atoms with Gasteiger partial charge >= 0.3 is 12.6 Å². The Labute approximate surface area is 108 Å². The number of aliphatic carboxylic acids is 1. The Morgan fingerprint density at radius 2 is 1.84 bits per heavy atom. The highest BCUT2D eigenvalue weighted by atomic mass is 19.3. The highest BCUT2D eigenvalue weighted by Crippen LogP contribution is 2.17. The van der Waals surface area contributed by atoms with Gasteiger partial charge in [0, 0.05) is 18.5 Å². The van der Waals surface area contributed by atoms with Gasteiger partial charge in [-0.3, -0.25) is 9.59 Å². The lowest BCUT2D eigenvalue weighted by molar-refractivity contribution is -0.137. The van der Waals surface area contributed by atoms with Gasteiger partial charge in [-0.2, -0.15) is 8.78 Å². The van der Waals surface area contributed by atoms with E-state index in [2.05, 4.69) is 10.1 Å². The number of carbonyl (C=O) groups is 2. The summed E-state index contributed by atoms with van der Waals surface area (Å²) in [5.74, 6) is -1.29. The van der Waals surface area contributed by atoms with Crippen LogP contribution in [0.2, 0.25) is 0 Å². The van der Waals surface area contributed by atoms with Crippen LogP contribution >= 0.6 is 0 Å². The molecule has 1 aromatic carbocycles. The van der Waals surface area contributed by atoms with Crippen molar-refractivity contribution < 1.29 is 28.2 Å². The lowest BCUT2D eigenvalue weighted by Crippen LogP contribution is -2.11. The Bertz CT molecular complexity index is 434. The molecule has 1 amide bonds. The summed E-state index contributed by atoms with van der Waals surface area (Å²) in [6.07, 6.45) is 0.254. The third kappa shape index (κ3) is 6.35. The van der Waals surface area contributed by atoms with Gasteiger partial charge in [0.05, 0.1) is 0 Å². The zero-order valence-corrected chi connectivity index (χ0v) is 9.94. The van der Waals surface area contributed by atoms with Gasteiger partial charge in [0.1, 0.15) is 5.75 Å². The van der Waals surface area contributed by atoms with Gasteiger partial charge in [0.2, 0.25) is 5.91 Å². The Morgan fingerprint density at radius 3 is 2.37 bits per heavy atom. The molecule has 0 atom stereocenters. The van der Waals surface area contributed by atoms with Gasteiger partial charge in [-0.1, -0.05) is 0 Å². The Kier molecular flexibility index (Phi) is 5.72. The minimum absolute atomic E-state index is 0.00104. The van der Waals surface area contributed by atoms with Gasteiger partial charge in [0.25, 0.3) is 0 Å². The molecule has 0 spiro atoms. The first kappa shape index (κ1) is 14.9. The normalized spacial score (nSPS) is 10.3. The Balaban J connectivity index is 2.40. The van der Waals surface area contributed by atoms with Crippen LogP contribution in [0.5, 0.6) is 5.75 Å². The molecule has 0 unspecified atom stereocenters. The summed E-state index contributed by atoms with van der Waals surface area (Å²) in [5, 5.41) is 10.9. The van der Waals surface area contributed by atoms with E-state index in [4.69, 9.17) is 5.11 Å². The molecule has 0 aliphatic carbocycles. The largest absolute Gasteiger partial charge is 0.481 e. The zero-order valence-electron chi connectivity index (χ0n) is 9.94. The van der Waals surface area contributed by atoms with Crippen LogP contribution in [-0.2, 0) is 9.59 Å². The second-order valence-electron chi connectivity index (χ2n) is 3.70. The van der Waals surface area contributed by atoms with E-state index >= 15 is 0 Å². The van der Waals surface area contributed by atoms with Crippen LogP contribution in [0.15, 0.2) is 24.3 Å². The van der Waals surface area contributed by atoms with E-state index in [0.29, 0.717) is 5.69 Å². The fourth-order valence-electron chi connectivity index (χ4n) is 1.34. The predicted molar refractivity (Wildman–Crippen MR) is 63.2 cm³/mol. The van der Waals surface area contributed by atoms with Crippen LogP contribution in [0.1, 0.15) is 19.3 Å². The van der Waals surface area contributed by atoms with Crippen LogP contribution in [0.4, 0.5) is 14.5 Å². The molecule has 1 rings (SSSR count). The molecule has 0 heterocycles. The SMILES string of the molecule is O=C(O)CCCC(=O)Nc1ccc(OC(F)F)cc1. The molecule has 1 aromatic rings. The van der Waals surface area contributed by atoms with Crippen LogP contribution in [-0.4, -0.2) is 23.6 Å². The molecule has 0 aromatic heterocycles.